The van der Waals surface area contributed by atoms with E-state index in [1.54, 1.807) is 0 Å². The van der Waals surface area contributed by atoms with Gasteiger partial charge in [0.2, 0.25) is 0 Å². The second-order valence-corrected chi connectivity index (χ2v) is 4.71. The van der Waals surface area contributed by atoms with Crippen LogP contribution in [0.1, 0.15) is 11.1 Å². The summed E-state index contributed by atoms with van der Waals surface area (Å²) in [6.45, 7) is 2.93. The van der Waals surface area contributed by atoms with Crippen molar-refractivity contribution in [3.8, 4) is 0 Å². The van der Waals surface area contributed by atoms with Crippen molar-refractivity contribution in [3.05, 3.63) is 52.4 Å². The molecule has 0 bridgehead atoms. The number of pyridine rings is 2. The van der Waals surface area contributed by atoms with E-state index < -0.39 is 0 Å². The van der Waals surface area contributed by atoms with Crippen molar-refractivity contribution < 1.29 is 0 Å². The van der Waals surface area contributed by atoms with E-state index >= 15 is 0 Å². The van der Waals surface area contributed by atoms with Crippen LogP contribution in [0.25, 0.3) is 0 Å². The minimum atomic E-state index is 0.873. The molecule has 2 heterocycles. The number of rotatable bonds is 4. The highest BCUT2D eigenvalue weighted by molar-refractivity contribution is 9.10. The number of nitrogens with zero attached hydrogens (tertiary/aromatic N) is 2. The van der Waals surface area contributed by atoms with Gasteiger partial charge in [0, 0.05) is 29.6 Å². The molecule has 0 aliphatic rings. The van der Waals surface area contributed by atoms with Crippen LogP contribution in [-0.2, 0) is 6.42 Å². The Labute approximate surface area is 109 Å². The quantitative estimate of drug-likeness (QED) is 0.940. The Hall–Kier alpha value is -1.42. The highest BCUT2D eigenvalue weighted by Gasteiger charge is 1.98. The van der Waals surface area contributed by atoms with Crippen LogP contribution in [0.4, 0.5) is 5.82 Å². The number of hydrogen-bond acceptors (Lipinski definition) is 3. The lowest BCUT2D eigenvalue weighted by Gasteiger charge is -2.07. The molecule has 1 N–H and O–H groups in total. The molecule has 17 heavy (non-hydrogen) atoms. The summed E-state index contributed by atoms with van der Waals surface area (Å²) in [6, 6.07) is 6.10. The van der Waals surface area contributed by atoms with Crippen molar-refractivity contribution in [2.45, 2.75) is 13.3 Å². The lowest BCUT2D eigenvalue weighted by atomic mass is 10.2. The number of hydrogen-bond donors (Lipinski definition) is 1. The van der Waals surface area contributed by atoms with Crippen LogP contribution >= 0.6 is 15.9 Å². The summed E-state index contributed by atoms with van der Waals surface area (Å²) < 4.78 is 1.04. The Morgan fingerprint density at radius 3 is 2.76 bits per heavy atom. The van der Waals surface area contributed by atoms with Crippen LogP contribution in [0.15, 0.2) is 41.3 Å². The Kier molecular flexibility index (Phi) is 4.09. The second-order valence-electron chi connectivity index (χ2n) is 3.85. The van der Waals surface area contributed by atoms with Gasteiger partial charge in [-0.15, -0.1) is 0 Å². The van der Waals surface area contributed by atoms with Gasteiger partial charge in [-0.25, -0.2) is 4.98 Å². The van der Waals surface area contributed by atoms with E-state index in [-0.39, 0.29) is 0 Å². The van der Waals surface area contributed by atoms with Crippen LogP contribution in [0, 0.1) is 6.92 Å². The van der Waals surface area contributed by atoms with Gasteiger partial charge in [0.15, 0.2) is 0 Å². The molecular weight excluding hydrogens is 278 g/mol. The number of aromatic nitrogens is 2. The molecule has 0 amide bonds. The number of anilines is 1. The molecule has 88 valence electrons. The van der Waals surface area contributed by atoms with E-state index in [1.807, 2.05) is 36.8 Å². The largest absolute Gasteiger partial charge is 0.370 e. The van der Waals surface area contributed by atoms with E-state index in [4.69, 9.17) is 0 Å². The molecule has 0 aromatic carbocycles. The van der Waals surface area contributed by atoms with Crippen molar-refractivity contribution >= 4 is 21.7 Å². The predicted octanol–water partition coefficient (Wildman–Crippen LogP) is 3.20. The highest BCUT2D eigenvalue weighted by Crippen LogP contribution is 2.17. The summed E-state index contributed by atoms with van der Waals surface area (Å²) >= 11 is 3.44. The fourth-order valence-corrected chi connectivity index (χ4v) is 1.74. The minimum Gasteiger partial charge on any atom is -0.370 e. The molecule has 0 unspecified atom stereocenters. The highest BCUT2D eigenvalue weighted by atomic mass is 79.9. The fraction of sp³-hybridized carbons (Fsp3) is 0.231. The van der Waals surface area contributed by atoms with Gasteiger partial charge in [0.1, 0.15) is 5.82 Å². The molecule has 3 nitrogen and oxygen atoms in total. The minimum absolute atomic E-state index is 0.873. The van der Waals surface area contributed by atoms with Crippen LogP contribution < -0.4 is 5.32 Å². The Morgan fingerprint density at radius 1 is 1.29 bits per heavy atom. The van der Waals surface area contributed by atoms with Gasteiger partial charge in [-0.1, -0.05) is 0 Å². The summed E-state index contributed by atoms with van der Waals surface area (Å²) in [7, 11) is 0. The molecule has 2 aromatic heterocycles. The van der Waals surface area contributed by atoms with Crippen LogP contribution in [0.2, 0.25) is 0 Å². The zero-order valence-corrected chi connectivity index (χ0v) is 11.2. The van der Waals surface area contributed by atoms with Crippen molar-refractivity contribution in [1.29, 1.82) is 0 Å². The Morgan fingerprint density at radius 2 is 2.06 bits per heavy atom. The first-order chi connectivity index (χ1) is 8.25. The van der Waals surface area contributed by atoms with Crippen LogP contribution in [-0.4, -0.2) is 16.5 Å². The van der Waals surface area contributed by atoms with Crippen molar-refractivity contribution in [2.75, 3.05) is 11.9 Å². The van der Waals surface area contributed by atoms with Gasteiger partial charge in [-0.3, -0.25) is 4.98 Å². The summed E-state index contributed by atoms with van der Waals surface area (Å²) in [5.74, 6) is 0.916. The van der Waals surface area contributed by atoms with Crippen molar-refractivity contribution in [2.24, 2.45) is 0 Å². The normalized spacial score (nSPS) is 10.2. The molecule has 0 fully saturated rings. The zero-order chi connectivity index (χ0) is 12.1. The zero-order valence-electron chi connectivity index (χ0n) is 9.65. The molecule has 4 heteroatoms. The summed E-state index contributed by atoms with van der Waals surface area (Å²) in [5.41, 5.74) is 2.47. The van der Waals surface area contributed by atoms with Gasteiger partial charge < -0.3 is 5.32 Å². The molecule has 0 aliphatic carbocycles. The van der Waals surface area contributed by atoms with Gasteiger partial charge in [0.25, 0.3) is 0 Å². The van der Waals surface area contributed by atoms with Crippen LogP contribution in [0.3, 0.4) is 0 Å². The average Bonchev–Trinajstić information content (AvgIpc) is 2.35. The molecule has 0 saturated carbocycles. The third-order valence-electron chi connectivity index (χ3n) is 2.52. The molecular formula is C13H14BrN3. The van der Waals surface area contributed by atoms with E-state index in [0.29, 0.717) is 0 Å². The smallest absolute Gasteiger partial charge is 0.126 e. The van der Waals surface area contributed by atoms with Crippen molar-refractivity contribution in [1.82, 2.24) is 9.97 Å². The van der Waals surface area contributed by atoms with Gasteiger partial charge in [-0.05, 0) is 58.6 Å². The lowest BCUT2D eigenvalue weighted by Crippen LogP contribution is -2.06. The number of aryl methyl sites for hydroxylation is 1. The molecule has 0 saturated heterocycles. The van der Waals surface area contributed by atoms with E-state index in [2.05, 4.69) is 38.1 Å². The van der Waals surface area contributed by atoms with Gasteiger partial charge in [-0.2, -0.15) is 0 Å². The first-order valence-corrected chi connectivity index (χ1v) is 6.30. The molecule has 0 aliphatic heterocycles. The Bertz CT molecular complexity index is 485. The second kappa shape index (κ2) is 5.77. The molecule has 0 radical (unpaired) electrons. The first kappa shape index (κ1) is 12.0. The van der Waals surface area contributed by atoms with Gasteiger partial charge >= 0.3 is 0 Å². The predicted molar refractivity (Wildman–Crippen MR) is 73.1 cm³/mol. The third-order valence-corrected chi connectivity index (χ3v) is 3.35. The first-order valence-electron chi connectivity index (χ1n) is 5.50. The standard InChI is InChI=1S/C13H14BrN3/c1-10-8-13(17-9-12(10)14)16-7-4-11-2-5-15-6-3-11/h2-3,5-6,8-9H,4,7H2,1H3,(H,16,17). The number of nitrogens with one attached hydrogen (secondary N) is 1. The van der Waals surface area contributed by atoms with Crippen LogP contribution in [0.5, 0.6) is 0 Å². The van der Waals surface area contributed by atoms with E-state index in [9.17, 15) is 0 Å². The lowest BCUT2D eigenvalue weighted by molar-refractivity contribution is 0.998. The topological polar surface area (TPSA) is 37.8 Å². The summed E-state index contributed by atoms with van der Waals surface area (Å²) in [5, 5.41) is 3.31. The van der Waals surface area contributed by atoms with E-state index in [1.165, 1.54) is 11.1 Å². The maximum atomic E-state index is 4.30. The fourth-order valence-electron chi connectivity index (χ4n) is 1.52. The van der Waals surface area contributed by atoms with Crippen molar-refractivity contribution in [3.63, 3.8) is 0 Å². The maximum absolute atomic E-state index is 4.30. The molecule has 0 spiro atoms. The molecule has 0 atom stereocenters. The monoisotopic (exact) mass is 291 g/mol. The summed E-state index contributed by atoms with van der Waals surface area (Å²) in [4.78, 5) is 8.29. The molecule has 2 aromatic rings. The SMILES string of the molecule is Cc1cc(NCCc2ccncc2)ncc1Br. The molecule has 2 rings (SSSR count). The summed E-state index contributed by atoms with van der Waals surface area (Å²) in [6.07, 6.45) is 6.43. The van der Waals surface area contributed by atoms with Gasteiger partial charge in [0.05, 0.1) is 0 Å². The third kappa shape index (κ3) is 3.53. The van der Waals surface area contributed by atoms with E-state index in [0.717, 1.165) is 23.3 Å². The number of halogens is 1. The maximum Gasteiger partial charge on any atom is 0.126 e. The Balaban J connectivity index is 1.88. The average molecular weight is 292 g/mol.